The lowest BCUT2D eigenvalue weighted by atomic mass is 10.2. The van der Waals surface area contributed by atoms with Gasteiger partial charge in [0.2, 0.25) is 0 Å². The molecule has 0 radical (unpaired) electrons. The molecule has 1 amide bonds. The number of hydrogen-bond acceptors (Lipinski definition) is 3. The summed E-state index contributed by atoms with van der Waals surface area (Å²) in [6, 6.07) is 9.05. The van der Waals surface area contributed by atoms with E-state index in [2.05, 4.69) is 10.4 Å². The third-order valence-corrected chi connectivity index (χ3v) is 2.89. The molecule has 1 N–H and O–H groups in total. The molecular formula is C14H17N3O2. The van der Waals surface area contributed by atoms with Crippen molar-refractivity contribution in [1.82, 2.24) is 15.1 Å². The van der Waals surface area contributed by atoms with Crippen LogP contribution in [0, 0.1) is 0 Å². The van der Waals surface area contributed by atoms with Crippen molar-refractivity contribution >= 4 is 5.91 Å². The number of nitrogens with zero attached hydrogens (tertiary/aromatic N) is 2. The highest BCUT2D eigenvalue weighted by atomic mass is 16.5. The molecule has 0 bridgehead atoms. The van der Waals surface area contributed by atoms with E-state index >= 15 is 0 Å². The van der Waals surface area contributed by atoms with Crippen LogP contribution in [0.4, 0.5) is 0 Å². The second-order valence-electron chi connectivity index (χ2n) is 4.02. The zero-order valence-corrected chi connectivity index (χ0v) is 11.1. The quantitative estimate of drug-likeness (QED) is 0.891. The van der Waals surface area contributed by atoms with E-state index in [1.165, 1.54) is 0 Å². The number of aromatic nitrogens is 2. The Kier molecular flexibility index (Phi) is 4.18. The Labute approximate surface area is 112 Å². The summed E-state index contributed by atoms with van der Waals surface area (Å²) in [6.07, 6.45) is 1.73. The molecule has 5 nitrogen and oxygen atoms in total. The lowest BCUT2D eigenvalue weighted by Gasteiger charge is -2.09. The first-order chi connectivity index (χ1) is 9.26. The zero-order valence-electron chi connectivity index (χ0n) is 11.1. The third-order valence-electron chi connectivity index (χ3n) is 2.89. The molecule has 0 aliphatic carbocycles. The van der Waals surface area contributed by atoms with E-state index < -0.39 is 0 Å². The fraction of sp³-hybridized carbons (Fsp3) is 0.286. The molecule has 1 heterocycles. The molecule has 0 atom stereocenters. The maximum atomic E-state index is 12.1. The molecule has 0 saturated heterocycles. The summed E-state index contributed by atoms with van der Waals surface area (Å²) < 4.78 is 7.02. The number of methoxy groups -OCH3 is 1. The molecule has 0 spiro atoms. The van der Waals surface area contributed by atoms with Crippen molar-refractivity contribution in [2.24, 2.45) is 0 Å². The Morgan fingerprint density at radius 1 is 1.37 bits per heavy atom. The van der Waals surface area contributed by atoms with Crippen molar-refractivity contribution in [3.8, 4) is 5.75 Å². The number of carbonyl (C=O) groups excluding carboxylic acids is 1. The van der Waals surface area contributed by atoms with E-state index in [0.29, 0.717) is 17.9 Å². The number of carbonyl (C=O) groups is 1. The zero-order chi connectivity index (χ0) is 13.7. The maximum Gasteiger partial charge on any atom is 0.255 e. The molecular weight excluding hydrogens is 242 g/mol. The summed E-state index contributed by atoms with van der Waals surface area (Å²) in [5.74, 6) is 0.422. The van der Waals surface area contributed by atoms with Gasteiger partial charge in [0.15, 0.2) is 0 Å². The average molecular weight is 259 g/mol. The van der Waals surface area contributed by atoms with E-state index in [-0.39, 0.29) is 5.91 Å². The molecule has 19 heavy (non-hydrogen) atoms. The molecule has 0 saturated carbocycles. The number of rotatable bonds is 5. The number of ether oxygens (including phenoxy) is 1. The van der Waals surface area contributed by atoms with Crippen molar-refractivity contribution in [3.05, 3.63) is 47.8 Å². The van der Waals surface area contributed by atoms with E-state index in [9.17, 15) is 4.79 Å². The minimum Gasteiger partial charge on any atom is -0.496 e. The highest BCUT2D eigenvalue weighted by Gasteiger charge is 2.11. The van der Waals surface area contributed by atoms with Gasteiger partial charge in [0.05, 0.1) is 24.9 Å². The average Bonchev–Trinajstić information content (AvgIpc) is 2.92. The first kappa shape index (κ1) is 13.1. The molecule has 2 aromatic rings. The fourth-order valence-electron chi connectivity index (χ4n) is 1.89. The molecule has 1 aromatic heterocycles. The van der Waals surface area contributed by atoms with Gasteiger partial charge in [-0.15, -0.1) is 0 Å². The SMILES string of the molecule is CCn1nccc1CNC(=O)c1ccccc1OC. The second-order valence-corrected chi connectivity index (χ2v) is 4.02. The standard InChI is InChI=1S/C14H17N3O2/c1-3-17-11(8-9-16-17)10-15-14(18)12-6-4-5-7-13(12)19-2/h4-9H,3,10H2,1-2H3,(H,15,18). The second kappa shape index (κ2) is 6.04. The third kappa shape index (κ3) is 2.93. The summed E-state index contributed by atoms with van der Waals surface area (Å²) >= 11 is 0. The first-order valence-corrected chi connectivity index (χ1v) is 6.18. The number of aryl methyl sites for hydroxylation is 1. The van der Waals surface area contributed by atoms with Gasteiger partial charge >= 0.3 is 0 Å². The molecule has 0 unspecified atom stereocenters. The van der Waals surface area contributed by atoms with Crippen LogP contribution < -0.4 is 10.1 Å². The summed E-state index contributed by atoms with van der Waals surface area (Å²) in [5, 5.41) is 7.03. The highest BCUT2D eigenvalue weighted by molar-refractivity contribution is 5.96. The van der Waals surface area contributed by atoms with Gasteiger partial charge in [-0.25, -0.2) is 0 Å². The van der Waals surface area contributed by atoms with E-state index in [4.69, 9.17) is 4.74 Å². The molecule has 2 rings (SSSR count). The van der Waals surface area contributed by atoms with Gasteiger partial charge in [0.25, 0.3) is 5.91 Å². The van der Waals surface area contributed by atoms with Crippen molar-refractivity contribution < 1.29 is 9.53 Å². The van der Waals surface area contributed by atoms with Crippen LogP contribution in [0.3, 0.4) is 0 Å². The summed E-state index contributed by atoms with van der Waals surface area (Å²) in [7, 11) is 1.55. The van der Waals surface area contributed by atoms with Crippen LogP contribution in [0.15, 0.2) is 36.5 Å². The number of hydrogen-bond donors (Lipinski definition) is 1. The van der Waals surface area contributed by atoms with E-state index in [0.717, 1.165) is 12.2 Å². The van der Waals surface area contributed by atoms with Gasteiger partial charge < -0.3 is 10.1 Å². The predicted octanol–water partition coefficient (Wildman–Crippen LogP) is 1.84. The van der Waals surface area contributed by atoms with Gasteiger partial charge in [0.1, 0.15) is 5.75 Å². The summed E-state index contributed by atoms with van der Waals surface area (Å²) in [6.45, 7) is 3.25. The van der Waals surface area contributed by atoms with Crippen LogP contribution in [0.2, 0.25) is 0 Å². The molecule has 0 aliphatic rings. The summed E-state index contributed by atoms with van der Waals surface area (Å²) in [5.41, 5.74) is 1.51. The lowest BCUT2D eigenvalue weighted by molar-refractivity contribution is 0.0947. The van der Waals surface area contributed by atoms with E-state index in [1.807, 2.05) is 29.8 Å². The number of nitrogens with one attached hydrogen (secondary N) is 1. The molecule has 1 aromatic carbocycles. The Hall–Kier alpha value is -2.30. The molecule has 0 aliphatic heterocycles. The van der Waals surface area contributed by atoms with Crippen LogP contribution >= 0.6 is 0 Å². The monoisotopic (exact) mass is 259 g/mol. The minimum absolute atomic E-state index is 0.152. The smallest absolute Gasteiger partial charge is 0.255 e. The van der Waals surface area contributed by atoms with Crippen LogP contribution in [-0.4, -0.2) is 22.8 Å². The predicted molar refractivity (Wildman–Crippen MR) is 72.1 cm³/mol. The van der Waals surface area contributed by atoms with Crippen molar-refractivity contribution in [1.29, 1.82) is 0 Å². The Balaban J connectivity index is 2.05. The van der Waals surface area contributed by atoms with Crippen molar-refractivity contribution in [3.63, 3.8) is 0 Å². The lowest BCUT2D eigenvalue weighted by Crippen LogP contribution is -2.24. The molecule has 100 valence electrons. The van der Waals surface area contributed by atoms with Crippen LogP contribution in [0.25, 0.3) is 0 Å². The van der Waals surface area contributed by atoms with Crippen LogP contribution in [0.1, 0.15) is 23.0 Å². The van der Waals surface area contributed by atoms with E-state index in [1.54, 1.807) is 25.4 Å². The summed E-state index contributed by atoms with van der Waals surface area (Å²) in [4.78, 5) is 12.1. The van der Waals surface area contributed by atoms with Gasteiger partial charge in [-0.3, -0.25) is 9.48 Å². The largest absolute Gasteiger partial charge is 0.496 e. The van der Waals surface area contributed by atoms with Gasteiger partial charge in [-0.2, -0.15) is 5.10 Å². The number of amides is 1. The fourth-order valence-corrected chi connectivity index (χ4v) is 1.89. The maximum absolute atomic E-state index is 12.1. The van der Waals surface area contributed by atoms with Gasteiger partial charge in [-0.05, 0) is 25.1 Å². The normalized spacial score (nSPS) is 10.2. The highest BCUT2D eigenvalue weighted by Crippen LogP contribution is 2.16. The van der Waals surface area contributed by atoms with Crippen LogP contribution in [0.5, 0.6) is 5.75 Å². The molecule has 0 fully saturated rings. The van der Waals surface area contributed by atoms with Crippen molar-refractivity contribution in [2.45, 2.75) is 20.0 Å². The number of para-hydroxylation sites is 1. The molecule has 5 heteroatoms. The number of benzene rings is 1. The Morgan fingerprint density at radius 2 is 2.16 bits per heavy atom. The van der Waals surface area contributed by atoms with Gasteiger partial charge in [-0.1, -0.05) is 12.1 Å². The topological polar surface area (TPSA) is 56.2 Å². The van der Waals surface area contributed by atoms with Gasteiger partial charge in [0, 0.05) is 12.7 Å². The Morgan fingerprint density at radius 3 is 2.89 bits per heavy atom. The van der Waals surface area contributed by atoms with Crippen molar-refractivity contribution in [2.75, 3.05) is 7.11 Å². The first-order valence-electron chi connectivity index (χ1n) is 6.18. The minimum atomic E-state index is -0.152. The van der Waals surface area contributed by atoms with Crippen LogP contribution in [-0.2, 0) is 13.1 Å². The Bertz CT molecular complexity index is 563.